The van der Waals surface area contributed by atoms with Gasteiger partial charge in [0.05, 0.1) is 21.3 Å². The zero-order valence-corrected chi connectivity index (χ0v) is 26.6. The maximum absolute atomic E-state index is 11.1. The largest absolute Gasteiger partial charge is 0.504 e. The Morgan fingerprint density at radius 2 is 1.42 bits per heavy atom. The highest BCUT2D eigenvalue weighted by Gasteiger charge is 2.35. The number of methoxy groups -OCH3 is 3. The van der Waals surface area contributed by atoms with Crippen molar-refractivity contribution in [1.82, 2.24) is 9.80 Å². The molecule has 45 heavy (non-hydrogen) atoms. The number of aromatic hydroxyl groups is 1. The average molecular weight is 609 g/mol. The molecule has 4 aromatic rings. The number of fused-ring (bicyclic) bond motifs is 2. The number of ether oxygens (including phenoxy) is 5. The van der Waals surface area contributed by atoms with Crippen molar-refractivity contribution < 1.29 is 28.8 Å². The molecule has 4 bridgehead atoms. The van der Waals surface area contributed by atoms with Gasteiger partial charge in [-0.3, -0.25) is 9.80 Å². The molecule has 4 aliphatic rings. The number of nitrogens with zero attached hydrogens (tertiary/aromatic N) is 2. The lowest BCUT2D eigenvalue weighted by atomic mass is 9.86. The molecule has 4 aliphatic heterocycles. The molecule has 0 radical (unpaired) electrons. The van der Waals surface area contributed by atoms with Crippen molar-refractivity contribution in [2.24, 2.45) is 0 Å². The van der Waals surface area contributed by atoms with Gasteiger partial charge in [0, 0.05) is 42.4 Å². The number of likely N-dealkylation sites (N-methyl/N-ethyl adjacent to an activating group) is 2. The van der Waals surface area contributed by atoms with Gasteiger partial charge in [-0.05, 0) is 98.4 Å². The Morgan fingerprint density at radius 3 is 2.11 bits per heavy atom. The van der Waals surface area contributed by atoms with Gasteiger partial charge in [-0.2, -0.15) is 0 Å². The molecule has 0 fully saturated rings. The van der Waals surface area contributed by atoms with E-state index in [-0.39, 0.29) is 17.8 Å². The highest BCUT2D eigenvalue weighted by atomic mass is 16.5. The van der Waals surface area contributed by atoms with Crippen LogP contribution in [0.15, 0.2) is 60.7 Å². The molecular weight excluding hydrogens is 568 g/mol. The minimum absolute atomic E-state index is 0.00154. The van der Waals surface area contributed by atoms with Gasteiger partial charge in [-0.15, -0.1) is 0 Å². The highest BCUT2D eigenvalue weighted by molar-refractivity contribution is 5.63. The van der Waals surface area contributed by atoms with E-state index < -0.39 is 0 Å². The van der Waals surface area contributed by atoms with Gasteiger partial charge in [0.1, 0.15) is 17.2 Å². The van der Waals surface area contributed by atoms with E-state index in [4.69, 9.17) is 23.7 Å². The van der Waals surface area contributed by atoms with Gasteiger partial charge in [0.15, 0.2) is 23.0 Å². The van der Waals surface area contributed by atoms with E-state index in [0.29, 0.717) is 35.2 Å². The predicted octanol–water partition coefficient (Wildman–Crippen LogP) is 6.86. The molecule has 8 nitrogen and oxygen atoms in total. The maximum atomic E-state index is 11.1. The van der Waals surface area contributed by atoms with Gasteiger partial charge in [-0.25, -0.2) is 0 Å². The van der Waals surface area contributed by atoms with Crippen molar-refractivity contribution in [3.63, 3.8) is 0 Å². The zero-order valence-electron chi connectivity index (χ0n) is 26.6. The number of hydrogen-bond donors (Lipinski definition) is 1. The average Bonchev–Trinajstić information content (AvgIpc) is 3.04. The summed E-state index contributed by atoms with van der Waals surface area (Å²) in [7, 11) is 9.34. The van der Waals surface area contributed by atoms with Crippen LogP contribution in [-0.4, -0.2) is 63.4 Å². The molecule has 0 saturated carbocycles. The van der Waals surface area contributed by atoms with Gasteiger partial charge in [0.2, 0.25) is 5.75 Å². The fourth-order valence-corrected chi connectivity index (χ4v) is 7.20. The predicted molar refractivity (Wildman–Crippen MR) is 173 cm³/mol. The maximum Gasteiger partial charge on any atom is 0.204 e. The molecule has 8 rings (SSSR count). The van der Waals surface area contributed by atoms with Crippen molar-refractivity contribution in [1.29, 1.82) is 0 Å². The summed E-state index contributed by atoms with van der Waals surface area (Å²) < 4.78 is 31.1. The second-order valence-corrected chi connectivity index (χ2v) is 12.3. The first kappa shape index (κ1) is 29.3. The summed E-state index contributed by atoms with van der Waals surface area (Å²) in [5.74, 6) is 4.61. The van der Waals surface area contributed by atoms with E-state index in [0.717, 1.165) is 66.1 Å². The molecular formula is C37H40N2O6. The zero-order chi connectivity index (χ0) is 31.2. The van der Waals surface area contributed by atoms with Crippen LogP contribution in [-0.2, 0) is 25.7 Å². The first-order valence-corrected chi connectivity index (χ1v) is 15.5. The first-order valence-electron chi connectivity index (χ1n) is 15.5. The van der Waals surface area contributed by atoms with E-state index in [1.54, 1.807) is 21.3 Å². The summed E-state index contributed by atoms with van der Waals surface area (Å²) in [6, 6.07) is 20.0. The minimum Gasteiger partial charge on any atom is -0.504 e. The van der Waals surface area contributed by atoms with E-state index in [1.165, 1.54) is 11.1 Å². The molecule has 234 valence electrons. The fourth-order valence-electron chi connectivity index (χ4n) is 7.20. The van der Waals surface area contributed by atoms with Gasteiger partial charge >= 0.3 is 0 Å². The van der Waals surface area contributed by atoms with Gasteiger partial charge in [0.25, 0.3) is 0 Å². The van der Waals surface area contributed by atoms with E-state index in [9.17, 15) is 5.11 Å². The topological polar surface area (TPSA) is 72.9 Å². The highest BCUT2D eigenvalue weighted by Crippen LogP contribution is 2.52. The first-order chi connectivity index (χ1) is 21.9. The van der Waals surface area contributed by atoms with Crippen LogP contribution in [0.2, 0.25) is 0 Å². The van der Waals surface area contributed by atoms with Crippen LogP contribution < -0.4 is 23.7 Å². The van der Waals surface area contributed by atoms with E-state index in [1.807, 2.05) is 36.4 Å². The number of phenols is 1. The van der Waals surface area contributed by atoms with Crippen LogP contribution in [0.3, 0.4) is 0 Å². The Labute approximate surface area is 264 Å². The molecule has 0 amide bonds. The summed E-state index contributed by atoms with van der Waals surface area (Å²) in [4.78, 5) is 4.74. The Bertz CT molecular complexity index is 1750. The quantitative estimate of drug-likeness (QED) is 0.271. The lowest BCUT2D eigenvalue weighted by Crippen LogP contribution is -2.34. The molecule has 4 heterocycles. The molecule has 0 unspecified atom stereocenters. The summed E-state index contributed by atoms with van der Waals surface area (Å²) in [6.07, 6.45) is 3.12. The monoisotopic (exact) mass is 608 g/mol. The van der Waals surface area contributed by atoms with Crippen molar-refractivity contribution >= 4 is 0 Å². The van der Waals surface area contributed by atoms with Crippen LogP contribution in [0, 0.1) is 0 Å². The summed E-state index contributed by atoms with van der Waals surface area (Å²) >= 11 is 0. The Hall–Kier alpha value is -4.40. The molecule has 0 aromatic heterocycles. The van der Waals surface area contributed by atoms with Gasteiger partial charge in [-0.1, -0.05) is 18.2 Å². The van der Waals surface area contributed by atoms with Crippen molar-refractivity contribution in [3.05, 3.63) is 94.0 Å². The van der Waals surface area contributed by atoms with Crippen molar-refractivity contribution in [2.45, 2.75) is 37.8 Å². The third-order valence-corrected chi connectivity index (χ3v) is 9.60. The van der Waals surface area contributed by atoms with E-state index in [2.05, 4.69) is 48.2 Å². The smallest absolute Gasteiger partial charge is 0.204 e. The number of phenolic OH excluding ortho intramolecular Hbond substituents is 1. The van der Waals surface area contributed by atoms with Crippen LogP contribution >= 0.6 is 0 Å². The summed E-state index contributed by atoms with van der Waals surface area (Å²) in [5.41, 5.74) is 6.69. The molecule has 0 aliphatic carbocycles. The standard InChI is InChI=1S/C37H40N2O6/c1-38-13-11-24-19-27(41-3)21-32-34(24)28(38)17-23-9-10-31(30(40)18-23)44-26-8-6-7-22(15-26)16-29-35-25(12-14-39(29)2)20-33(42-4)36(43-5)37(35)45-32/h6-10,15,18-21,28-29,40H,11-14,16-17H2,1-5H3/t28-,29+/m1/s1. The number of rotatable bonds is 3. The molecule has 4 aromatic carbocycles. The summed E-state index contributed by atoms with van der Waals surface area (Å²) in [5, 5.41) is 11.1. The van der Waals surface area contributed by atoms with Crippen molar-refractivity contribution in [2.75, 3.05) is 48.5 Å². The molecule has 0 saturated heterocycles. The lowest BCUT2D eigenvalue weighted by molar-refractivity contribution is 0.216. The van der Waals surface area contributed by atoms with Crippen LogP contribution in [0.1, 0.15) is 45.5 Å². The number of hydrogen-bond acceptors (Lipinski definition) is 8. The molecule has 1 N–H and O–H groups in total. The summed E-state index contributed by atoms with van der Waals surface area (Å²) in [6.45, 7) is 1.78. The third-order valence-electron chi connectivity index (χ3n) is 9.60. The lowest BCUT2D eigenvalue weighted by Gasteiger charge is -2.38. The fraction of sp³-hybridized carbons (Fsp3) is 0.351. The third kappa shape index (κ3) is 5.32. The normalized spacial score (nSPS) is 19.4. The molecule has 8 heteroatoms. The second-order valence-electron chi connectivity index (χ2n) is 12.3. The van der Waals surface area contributed by atoms with Crippen LogP contribution in [0.4, 0.5) is 0 Å². The second kappa shape index (κ2) is 11.8. The molecule has 0 spiro atoms. The SMILES string of the molecule is COc1cc2c3c(c1)Oc1c(OC)c(OC)cc4c1[C@H](Cc1cccc(c1)Oc1ccc(cc1O)C[C@H]3N(C)CC2)N(C)CC4. The minimum atomic E-state index is -0.00239. The van der Waals surface area contributed by atoms with Gasteiger partial charge < -0.3 is 28.8 Å². The van der Waals surface area contributed by atoms with Crippen molar-refractivity contribution in [3.8, 4) is 46.0 Å². The Morgan fingerprint density at radius 1 is 0.711 bits per heavy atom. The Balaban J connectivity index is 1.50. The van der Waals surface area contributed by atoms with Crippen LogP contribution in [0.5, 0.6) is 46.0 Å². The number of benzene rings is 4. The van der Waals surface area contributed by atoms with E-state index >= 15 is 0 Å². The Kier molecular flexibility index (Phi) is 7.71. The van der Waals surface area contributed by atoms with Crippen LogP contribution in [0.25, 0.3) is 0 Å². The molecule has 2 atom stereocenters.